The van der Waals surface area contributed by atoms with E-state index in [9.17, 15) is 5.11 Å². The van der Waals surface area contributed by atoms with Crippen molar-refractivity contribution in [2.45, 2.75) is 77.8 Å². The molecule has 0 saturated carbocycles. The van der Waals surface area contributed by atoms with Gasteiger partial charge in [0.25, 0.3) is 0 Å². The summed E-state index contributed by atoms with van der Waals surface area (Å²) in [4.78, 5) is 2.57. The van der Waals surface area contributed by atoms with E-state index >= 15 is 0 Å². The Morgan fingerprint density at radius 1 is 1.11 bits per heavy atom. The first kappa shape index (κ1) is 18.9. The molecule has 19 heavy (non-hydrogen) atoms. The molecule has 0 spiro atoms. The van der Waals surface area contributed by atoms with Crippen LogP contribution in [0.5, 0.6) is 0 Å². The average Bonchev–Trinajstić information content (AvgIpc) is 2.42. The molecule has 1 unspecified atom stereocenters. The van der Waals surface area contributed by atoms with Crippen molar-refractivity contribution in [1.82, 2.24) is 10.2 Å². The number of hydrogen-bond donors (Lipinski definition) is 2. The van der Waals surface area contributed by atoms with E-state index in [1.165, 1.54) is 25.8 Å². The maximum absolute atomic E-state index is 9.55. The van der Waals surface area contributed by atoms with Gasteiger partial charge in [-0.25, -0.2) is 0 Å². The molecule has 0 aliphatic rings. The van der Waals surface area contributed by atoms with Gasteiger partial charge < -0.3 is 15.3 Å². The van der Waals surface area contributed by atoms with E-state index in [1.54, 1.807) is 0 Å². The number of nitrogens with zero attached hydrogens (tertiary/aromatic N) is 1. The van der Waals surface area contributed by atoms with Gasteiger partial charge in [0.15, 0.2) is 0 Å². The fourth-order valence-electron chi connectivity index (χ4n) is 2.56. The number of aliphatic hydroxyl groups excluding tert-OH is 1. The van der Waals surface area contributed by atoms with Crippen molar-refractivity contribution in [3.63, 3.8) is 0 Å². The molecule has 0 aromatic rings. The number of unbranched alkanes of at least 4 members (excludes halogenated alkanes) is 2. The highest BCUT2D eigenvalue weighted by Crippen LogP contribution is 2.17. The second kappa shape index (κ2) is 10.6. The SMILES string of the molecule is CCCCCN(CCCC(CC)(CO)NC)C(C)C. The fourth-order valence-corrected chi connectivity index (χ4v) is 2.56. The van der Waals surface area contributed by atoms with Crippen LogP contribution in [0.25, 0.3) is 0 Å². The smallest absolute Gasteiger partial charge is 0.0613 e. The average molecular weight is 272 g/mol. The van der Waals surface area contributed by atoms with Crippen molar-refractivity contribution in [2.24, 2.45) is 0 Å². The van der Waals surface area contributed by atoms with Crippen LogP contribution in [0.4, 0.5) is 0 Å². The summed E-state index contributed by atoms with van der Waals surface area (Å²) >= 11 is 0. The zero-order valence-electron chi connectivity index (χ0n) is 13.8. The summed E-state index contributed by atoms with van der Waals surface area (Å²) in [6.07, 6.45) is 7.11. The Balaban J connectivity index is 4.10. The highest BCUT2D eigenvalue weighted by molar-refractivity contribution is 4.84. The van der Waals surface area contributed by atoms with Crippen LogP contribution < -0.4 is 5.32 Å². The zero-order chi connectivity index (χ0) is 14.7. The van der Waals surface area contributed by atoms with Gasteiger partial charge in [0.1, 0.15) is 0 Å². The predicted molar refractivity (Wildman–Crippen MR) is 84.6 cm³/mol. The molecule has 0 rings (SSSR count). The first-order chi connectivity index (χ1) is 9.05. The molecule has 116 valence electrons. The van der Waals surface area contributed by atoms with Gasteiger partial charge in [-0.15, -0.1) is 0 Å². The van der Waals surface area contributed by atoms with Gasteiger partial charge in [-0.1, -0.05) is 26.7 Å². The Labute approximate surface area is 120 Å². The van der Waals surface area contributed by atoms with Crippen molar-refractivity contribution in [3.05, 3.63) is 0 Å². The molecule has 1 atom stereocenters. The highest BCUT2D eigenvalue weighted by Gasteiger charge is 2.24. The Bertz CT molecular complexity index is 195. The van der Waals surface area contributed by atoms with Gasteiger partial charge >= 0.3 is 0 Å². The molecule has 3 nitrogen and oxygen atoms in total. The van der Waals surface area contributed by atoms with Crippen molar-refractivity contribution in [2.75, 3.05) is 26.7 Å². The topological polar surface area (TPSA) is 35.5 Å². The molecule has 0 radical (unpaired) electrons. The highest BCUT2D eigenvalue weighted by atomic mass is 16.3. The predicted octanol–water partition coefficient (Wildman–Crippen LogP) is 3.03. The van der Waals surface area contributed by atoms with Crippen LogP contribution in [0, 0.1) is 0 Å². The van der Waals surface area contributed by atoms with Crippen molar-refractivity contribution >= 4 is 0 Å². The normalized spacial score (nSPS) is 15.2. The Kier molecular flexibility index (Phi) is 10.6. The van der Waals surface area contributed by atoms with E-state index in [0.29, 0.717) is 6.04 Å². The molecule has 0 aliphatic heterocycles. The molecule has 0 saturated heterocycles. The molecule has 0 aromatic heterocycles. The van der Waals surface area contributed by atoms with Crippen LogP contribution in [-0.4, -0.2) is 48.3 Å². The molecule has 0 heterocycles. The third-order valence-corrected chi connectivity index (χ3v) is 4.39. The van der Waals surface area contributed by atoms with Crippen LogP contribution in [0.1, 0.15) is 66.2 Å². The van der Waals surface area contributed by atoms with Gasteiger partial charge in [0.05, 0.1) is 6.61 Å². The number of nitrogens with one attached hydrogen (secondary N) is 1. The minimum atomic E-state index is -0.0773. The minimum Gasteiger partial charge on any atom is -0.394 e. The molecule has 0 fully saturated rings. The van der Waals surface area contributed by atoms with Gasteiger partial charge in [-0.3, -0.25) is 0 Å². The van der Waals surface area contributed by atoms with Crippen molar-refractivity contribution in [1.29, 1.82) is 0 Å². The number of rotatable bonds is 12. The van der Waals surface area contributed by atoms with E-state index in [-0.39, 0.29) is 12.1 Å². The first-order valence-corrected chi connectivity index (χ1v) is 8.09. The second-order valence-corrected chi connectivity index (χ2v) is 5.98. The van der Waals surface area contributed by atoms with Crippen LogP contribution in [0.15, 0.2) is 0 Å². The number of aliphatic hydroxyl groups is 1. The van der Waals surface area contributed by atoms with Crippen molar-refractivity contribution < 1.29 is 5.11 Å². The monoisotopic (exact) mass is 272 g/mol. The van der Waals surface area contributed by atoms with Crippen LogP contribution in [0.2, 0.25) is 0 Å². The van der Waals surface area contributed by atoms with E-state index in [2.05, 4.69) is 37.9 Å². The summed E-state index contributed by atoms with van der Waals surface area (Å²) in [5, 5.41) is 12.8. The summed E-state index contributed by atoms with van der Waals surface area (Å²) in [5.74, 6) is 0. The van der Waals surface area contributed by atoms with E-state index in [4.69, 9.17) is 0 Å². The largest absolute Gasteiger partial charge is 0.394 e. The van der Waals surface area contributed by atoms with Crippen LogP contribution in [-0.2, 0) is 0 Å². The third kappa shape index (κ3) is 7.28. The lowest BCUT2D eigenvalue weighted by Crippen LogP contribution is -2.46. The fraction of sp³-hybridized carbons (Fsp3) is 1.00. The molecule has 3 heteroatoms. The lowest BCUT2D eigenvalue weighted by molar-refractivity contribution is 0.140. The number of likely N-dealkylation sites (N-methyl/N-ethyl adjacent to an activating group) is 1. The minimum absolute atomic E-state index is 0.0773. The van der Waals surface area contributed by atoms with Crippen LogP contribution in [0.3, 0.4) is 0 Å². The van der Waals surface area contributed by atoms with Crippen molar-refractivity contribution in [3.8, 4) is 0 Å². The molecule has 0 aromatic carbocycles. The Hall–Kier alpha value is -0.120. The van der Waals surface area contributed by atoms with Gasteiger partial charge in [-0.2, -0.15) is 0 Å². The lowest BCUT2D eigenvalue weighted by atomic mass is 9.91. The Morgan fingerprint density at radius 3 is 2.16 bits per heavy atom. The molecular weight excluding hydrogens is 236 g/mol. The second-order valence-electron chi connectivity index (χ2n) is 5.98. The quantitative estimate of drug-likeness (QED) is 0.536. The summed E-state index contributed by atoms with van der Waals surface area (Å²) < 4.78 is 0. The molecule has 0 aliphatic carbocycles. The van der Waals surface area contributed by atoms with Gasteiger partial charge in [-0.05, 0) is 59.7 Å². The van der Waals surface area contributed by atoms with E-state index in [1.807, 2.05) is 7.05 Å². The molecular formula is C16H36N2O. The standard InChI is InChI=1S/C16H36N2O/c1-6-8-9-12-18(15(3)4)13-10-11-16(7-2,14-19)17-5/h15,17,19H,6-14H2,1-5H3. The molecule has 0 bridgehead atoms. The van der Waals surface area contributed by atoms with E-state index < -0.39 is 0 Å². The summed E-state index contributed by atoms with van der Waals surface area (Å²) in [5.41, 5.74) is -0.0773. The maximum atomic E-state index is 9.55. The first-order valence-electron chi connectivity index (χ1n) is 8.09. The Morgan fingerprint density at radius 2 is 1.74 bits per heavy atom. The van der Waals surface area contributed by atoms with E-state index in [0.717, 1.165) is 25.8 Å². The number of hydrogen-bond acceptors (Lipinski definition) is 3. The lowest BCUT2D eigenvalue weighted by Gasteiger charge is -2.32. The van der Waals surface area contributed by atoms with Gasteiger partial charge in [0.2, 0.25) is 0 Å². The molecule has 2 N–H and O–H groups in total. The maximum Gasteiger partial charge on any atom is 0.0613 e. The van der Waals surface area contributed by atoms with Gasteiger partial charge in [0, 0.05) is 11.6 Å². The third-order valence-electron chi connectivity index (χ3n) is 4.39. The zero-order valence-corrected chi connectivity index (χ0v) is 13.8. The van der Waals surface area contributed by atoms with Crippen LogP contribution >= 0.6 is 0 Å². The summed E-state index contributed by atoms with van der Waals surface area (Å²) in [6.45, 7) is 11.6. The summed E-state index contributed by atoms with van der Waals surface area (Å²) in [6, 6.07) is 0.622. The molecule has 0 amide bonds. The summed E-state index contributed by atoms with van der Waals surface area (Å²) in [7, 11) is 1.96.